The van der Waals surface area contributed by atoms with Gasteiger partial charge in [-0.2, -0.15) is 0 Å². The van der Waals surface area contributed by atoms with E-state index in [0.717, 1.165) is 33.5 Å². The van der Waals surface area contributed by atoms with E-state index < -0.39 is 0 Å². The third kappa shape index (κ3) is 3.21. The Bertz CT molecular complexity index is 1460. The molecule has 0 radical (unpaired) electrons. The van der Waals surface area contributed by atoms with E-state index in [-0.39, 0.29) is 11.5 Å². The number of H-pyrrole nitrogens is 2. The lowest BCUT2D eigenvalue weighted by atomic mass is 10.1. The fourth-order valence-electron chi connectivity index (χ4n) is 3.50. The molecule has 5 rings (SSSR count). The molecular weight excluding hydrogens is 400 g/mol. The van der Waals surface area contributed by atoms with Crippen molar-refractivity contribution in [3.63, 3.8) is 0 Å². The number of carbonyl (C=O) groups is 1. The second kappa shape index (κ2) is 7.00. The molecule has 0 fully saturated rings. The van der Waals surface area contributed by atoms with Crippen molar-refractivity contribution in [1.82, 2.24) is 19.9 Å². The van der Waals surface area contributed by atoms with Crippen molar-refractivity contribution >= 4 is 39.2 Å². The van der Waals surface area contributed by atoms with E-state index in [1.165, 1.54) is 11.3 Å². The molecular formula is C22H18N4O3S. The number of fused-ring (bicyclic) bond motifs is 2. The maximum Gasteiger partial charge on any atom is 0.276 e. The number of carbonyl (C=O) groups excluding carboxylic acids is 1. The molecule has 30 heavy (non-hydrogen) atoms. The Morgan fingerprint density at radius 3 is 2.80 bits per heavy atom. The maximum absolute atomic E-state index is 12.9. The Balaban J connectivity index is 1.46. The quantitative estimate of drug-likeness (QED) is 0.455. The van der Waals surface area contributed by atoms with Crippen molar-refractivity contribution in [2.45, 2.75) is 13.5 Å². The molecule has 4 aromatic heterocycles. The molecule has 0 atom stereocenters. The lowest BCUT2D eigenvalue weighted by Crippen LogP contribution is -2.25. The molecule has 2 N–H and O–H groups in total. The van der Waals surface area contributed by atoms with Gasteiger partial charge in [-0.25, -0.2) is 4.98 Å². The number of benzene rings is 1. The Morgan fingerprint density at radius 2 is 2.00 bits per heavy atom. The van der Waals surface area contributed by atoms with Crippen LogP contribution in [0.2, 0.25) is 0 Å². The van der Waals surface area contributed by atoms with E-state index in [0.29, 0.717) is 23.5 Å². The number of nitrogens with one attached hydrogen (secondary N) is 2. The Kier molecular flexibility index (Phi) is 4.29. The molecule has 4 heterocycles. The average Bonchev–Trinajstić information content (AvgIpc) is 3.45. The van der Waals surface area contributed by atoms with Crippen LogP contribution in [0.15, 0.2) is 56.4 Å². The fourth-order valence-corrected chi connectivity index (χ4v) is 4.19. The molecule has 1 aromatic carbocycles. The summed E-state index contributed by atoms with van der Waals surface area (Å²) >= 11 is 1.49. The minimum absolute atomic E-state index is 0.107. The van der Waals surface area contributed by atoms with Gasteiger partial charge in [0.05, 0.1) is 23.3 Å². The normalized spacial score (nSPS) is 11.4. The van der Waals surface area contributed by atoms with Crippen LogP contribution in [0.5, 0.6) is 0 Å². The molecule has 0 aliphatic rings. The molecule has 5 aromatic rings. The predicted octanol–water partition coefficient (Wildman–Crippen LogP) is 4.31. The van der Waals surface area contributed by atoms with Crippen LogP contribution in [-0.4, -0.2) is 32.8 Å². The van der Waals surface area contributed by atoms with Crippen molar-refractivity contribution in [2.75, 3.05) is 7.05 Å². The summed E-state index contributed by atoms with van der Waals surface area (Å²) in [5.41, 5.74) is 3.56. The standard InChI is InChI=1S/C22H18N4O3S/c1-12-3-5-15(29-12)9-26(2)22(28)13-4-6-16-14(7-13)8-17(23-16)20-21(27)25-19-11-30-10-18(19)24-20/h3-8,10-11,23H,9H2,1-2H3,(H,25,27). The zero-order valence-corrected chi connectivity index (χ0v) is 17.2. The second-order valence-electron chi connectivity index (χ2n) is 7.24. The minimum atomic E-state index is -0.253. The van der Waals surface area contributed by atoms with E-state index in [1.807, 2.05) is 48.0 Å². The summed E-state index contributed by atoms with van der Waals surface area (Å²) in [6.07, 6.45) is 0. The number of nitrogens with zero attached hydrogens (tertiary/aromatic N) is 2. The zero-order valence-electron chi connectivity index (χ0n) is 16.4. The van der Waals surface area contributed by atoms with Crippen LogP contribution in [0.3, 0.4) is 0 Å². The number of aryl methyl sites for hydroxylation is 1. The van der Waals surface area contributed by atoms with Crippen molar-refractivity contribution in [1.29, 1.82) is 0 Å². The number of furan rings is 1. The smallest absolute Gasteiger partial charge is 0.276 e. The van der Waals surface area contributed by atoms with Gasteiger partial charge in [-0.1, -0.05) is 0 Å². The van der Waals surface area contributed by atoms with E-state index in [1.54, 1.807) is 18.0 Å². The summed E-state index contributed by atoms with van der Waals surface area (Å²) in [6.45, 7) is 2.27. The summed E-state index contributed by atoms with van der Waals surface area (Å²) in [5, 5.41) is 4.59. The van der Waals surface area contributed by atoms with Gasteiger partial charge in [0.2, 0.25) is 0 Å². The van der Waals surface area contributed by atoms with E-state index in [2.05, 4.69) is 15.0 Å². The summed E-state index contributed by atoms with van der Waals surface area (Å²) < 4.78 is 5.56. The third-order valence-corrected chi connectivity index (χ3v) is 5.73. The van der Waals surface area contributed by atoms with Gasteiger partial charge in [0.1, 0.15) is 11.5 Å². The van der Waals surface area contributed by atoms with Gasteiger partial charge in [-0.05, 0) is 43.3 Å². The van der Waals surface area contributed by atoms with Crippen LogP contribution in [-0.2, 0) is 6.54 Å². The number of aromatic amines is 2. The number of thiophene rings is 1. The monoisotopic (exact) mass is 418 g/mol. The lowest BCUT2D eigenvalue weighted by Gasteiger charge is -2.15. The zero-order chi connectivity index (χ0) is 20.8. The predicted molar refractivity (Wildman–Crippen MR) is 117 cm³/mol. The van der Waals surface area contributed by atoms with Crippen molar-refractivity contribution in [2.24, 2.45) is 0 Å². The summed E-state index contributed by atoms with van der Waals surface area (Å²) in [7, 11) is 1.74. The molecule has 0 unspecified atom stereocenters. The molecule has 7 nitrogen and oxygen atoms in total. The second-order valence-corrected chi connectivity index (χ2v) is 7.99. The Labute approximate surface area is 175 Å². The molecule has 0 saturated carbocycles. The first-order valence-electron chi connectivity index (χ1n) is 9.38. The van der Waals surface area contributed by atoms with Crippen molar-refractivity contribution < 1.29 is 9.21 Å². The van der Waals surface area contributed by atoms with Crippen molar-refractivity contribution in [3.05, 3.63) is 74.6 Å². The third-order valence-electron chi connectivity index (χ3n) is 5.00. The fraction of sp³-hybridized carbons (Fsp3) is 0.136. The molecule has 150 valence electrons. The summed E-state index contributed by atoms with van der Waals surface area (Å²) in [5.74, 6) is 1.45. The highest BCUT2D eigenvalue weighted by atomic mass is 32.1. The molecule has 8 heteroatoms. The minimum Gasteiger partial charge on any atom is -0.464 e. The van der Waals surface area contributed by atoms with Gasteiger partial charge in [-0.3, -0.25) is 9.59 Å². The first-order chi connectivity index (χ1) is 14.5. The first kappa shape index (κ1) is 18.4. The van der Waals surface area contributed by atoms with Gasteiger partial charge in [0, 0.05) is 34.3 Å². The number of amides is 1. The van der Waals surface area contributed by atoms with Gasteiger partial charge >= 0.3 is 0 Å². The summed E-state index contributed by atoms with van der Waals surface area (Å²) in [4.78, 5) is 37.5. The average molecular weight is 418 g/mol. The van der Waals surface area contributed by atoms with Gasteiger partial charge in [0.25, 0.3) is 11.5 Å². The van der Waals surface area contributed by atoms with Crippen LogP contribution >= 0.6 is 11.3 Å². The number of hydrogen-bond donors (Lipinski definition) is 2. The van der Waals surface area contributed by atoms with Crippen molar-refractivity contribution in [3.8, 4) is 11.4 Å². The molecule has 0 bridgehead atoms. The topological polar surface area (TPSA) is 95.0 Å². The van der Waals surface area contributed by atoms with Crippen LogP contribution in [0.4, 0.5) is 0 Å². The van der Waals surface area contributed by atoms with Crippen LogP contribution in [0.1, 0.15) is 21.9 Å². The van der Waals surface area contributed by atoms with E-state index >= 15 is 0 Å². The number of rotatable bonds is 4. The van der Waals surface area contributed by atoms with Gasteiger partial charge in [0.15, 0.2) is 5.69 Å². The van der Waals surface area contributed by atoms with Crippen LogP contribution in [0, 0.1) is 6.92 Å². The largest absolute Gasteiger partial charge is 0.464 e. The Hall–Kier alpha value is -3.65. The highest BCUT2D eigenvalue weighted by Gasteiger charge is 2.16. The molecule has 0 aliphatic heterocycles. The van der Waals surface area contributed by atoms with Gasteiger partial charge in [-0.15, -0.1) is 11.3 Å². The van der Waals surface area contributed by atoms with E-state index in [4.69, 9.17) is 4.42 Å². The number of aromatic nitrogens is 3. The van der Waals surface area contributed by atoms with Gasteiger partial charge < -0.3 is 19.3 Å². The highest BCUT2D eigenvalue weighted by molar-refractivity contribution is 7.09. The molecule has 0 spiro atoms. The molecule has 0 aliphatic carbocycles. The van der Waals surface area contributed by atoms with E-state index in [9.17, 15) is 9.59 Å². The number of hydrogen-bond acceptors (Lipinski definition) is 5. The van der Waals surface area contributed by atoms with Crippen LogP contribution in [0.25, 0.3) is 33.3 Å². The Morgan fingerprint density at radius 1 is 1.13 bits per heavy atom. The maximum atomic E-state index is 12.9. The highest BCUT2D eigenvalue weighted by Crippen LogP contribution is 2.24. The van der Waals surface area contributed by atoms with Crippen LogP contribution < -0.4 is 5.56 Å². The first-order valence-corrected chi connectivity index (χ1v) is 10.3. The summed E-state index contributed by atoms with van der Waals surface area (Å²) in [6, 6.07) is 11.0. The molecule has 1 amide bonds. The SMILES string of the molecule is Cc1ccc(CN(C)C(=O)c2ccc3[nH]c(-c4nc5cscc5[nH]c4=O)cc3c2)o1. The molecule has 0 saturated heterocycles. The lowest BCUT2D eigenvalue weighted by molar-refractivity contribution is 0.0775.